The Bertz CT molecular complexity index is 1070. The van der Waals surface area contributed by atoms with Crippen LogP contribution in [-0.4, -0.2) is 21.1 Å². The molecule has 0 spiro atoms. The zero-order valence-electron chi connectivity index (χ0n) is 15.3. The number of amides is 1. The number of carbonyl (C=O) groups is 1. The highest BCUT2D eigenvalue weighted by atomic mass is 35.5. The van der Waals surface area contributed by atoms with Gasteiger partial charge in [0.25, 0.3) is 0 Å². The summed E-state index contributed by atoms with van der Waals surface area (Å²) in [5.74, 6) is -0.0923. The van der Waals surface area contributed by atoms with Crippen molar-refractivity contribution < 1.29 is 17.9 Å². The largest absolute Gasteiger partial charge is 0.449 e. The first kappa shape index (κ1) is 21.6. The lowest BCUT2D eigenvalue weighted by atomic mass is 9.72. The van der Waals surface area contributed by atoms with E-state index in [1.165, 1.54) is 6.08 Å². The van der Waals surface area contributed by atoms with Gasteiger partial charge in [0.2, 0.25) is 10.0 Å². The molecule has 2 aromatic carbocycles. The van der Waals surface area contributed by atoms with Gasteiger partial charge in [0.1, 0.15) is 6.61 Å². The summed E-state index contributed by atoms with van der Waals surface area (Å²) in [5, 5.41) is 7.01. The molecule has 0 saturated heterocycles. The van der Waals surface area contributed by atoms with Crippen LogP contribution in [0.2, 0.25) is 10.0 Å². The van der Waals surface area contributed by atoms with Crippen LogP contribution in [0.1, 0.15) is 46.9 Å². The third-order valence-electron chi connectivity index (χ3n) is 4.97. The standard InChI is InChI=1S/C20H20Cl2N2O4S/c21-17-7-5-13(10-18(17)22)15-6-4-14(11-28-20(23)25)19-12(2-1-3-16(15)19)8-9-29(24,26)27/h1-3,5,7-10,14-15H,4,6,11H2,(H2,23,25)(H2,24,26,27)/t14-,15+/m1/s1. The fraction of sp³-hybridized carbons (Fsp3) is 0.250. The zero-order chi connectivity index (χ0) is 21.2. The van der Waals surface area contributed by atoms with Gasteiger partial charge in [0, 0.05) is 17.2 Å². The number of benzene rings is 2. The number of hydrogen-bond donors (Lipinski definition) is 2. The normalized spacial score (nSPS) is 19.1. The van der Waals surface area contributed by atoms with Crippen molar-refractivity contribution in [3.8, 4) is 0 Å². The van der Waals surface area contributed by atoms with Crippen LogP contribution in [0.15, 0.2) is 41.8 Å². The molecule has 6 nitrogen and oxygen atoms in total. The SMILES string of the molecule is NC(=O)OC[C@H]1CC[C@@H](c2ccc(Cl)c(Cl)c2)c2cccc(C=CS(N)(=O)=O)c21. The molecule has 0 heterocycles. The second-order valence-corrected chi connectivity index (χ2v) is 9.14. The first-order valence-corrected chi connectivity index (χ1v) is 11.2. The highest BCUT2D eigenvalue weighted by molar-refractivity contribution is 7.92. The number of primary amides is 1. The smallest absolute Gasteiger partial charge is 0.404 e. The molecule has 0 saturated carbocycles. The van der Waals surface area contributed by atoms with Crippen molar-refractivity contribution in [2.45, 2.75) is 24.7 Å². The monoisotopic (exact) mass is 454 g/mol. The number of carbonyl (C=O) groups excluding carboxylic acids is 1. The van der Waals surface area contributed by atoms with Gasteiger partial charge in [-0.05, 0) is 53.3 Å². The maximum atomic E-state index is 11.4. The van der Waals surface area contributed by atoms with E-state index >= 15 is 0 Å². The average molecular weight is 455 g/mol. The molecule has 2 atom stereocenters. The minimum absolute atomic E-state index is 0.0347. The molecule has 1 aliphatic carbocycles. The predicted molar refractivity (Wildman–Crippen MR) is 114 cm³/mol. The maximum absolute atomic E-state index is 11.4. The number of sulfonamides is 1. The lowest BCUT2D eigenvalue weighted by Crippen LogP contribution is -2.23. The molecule has 0 aliphatic heterocycles. The number of halogens is 2. The summed E-state index contributed by atoms with van der Waals surface area (Å²) in [6.07, 6.45) is 2.12. The van der Waals surface area contributed by atoms with E-state index in [0.29, 0.717) is 22.0 Å². The van der Waals surface area contributed by atoms with E-state index in [1.54, 1.807) is 12.1 Å². The fourth-order valence-corrected chi connectivity index (χ4v) is 4.43. The molecule has 2 aromatic rings. The Labute approximate surface area is 179 Å². The van der Waals surface area contributed by atoms with Crippen molar-refractivity contribution >= 4 is 45.4 Å². The maximum Gasteiger partial charge on any atom is 0.404 e. The summed E-state index contributed by atoms with van der Waals surface area (Å²) >= 11 is 12.3. The highest BCUT2D eigenvalue weighted by Crippen LogP contribution is 2.45. The molecule has 1 aliphatic rings. The molecule has 0 bridgehead atoms. The van der Waals surface area contributed by atoms with Gasteiger partial charge in [-0.15, -0.1) is 0 Å². The highest BCUT2D eigenvalue weighted by Gasteiger charge is 2.30. The van der Waals surface area contributed by atoms with Crippen LogP contribution in [0.3, 0.4) is 0 Å². The third-order valence-corrected chi connectivity index (χ3v) is 6.23. The first-order valence-electron chi connectivity index (χ1n) is 8.86. The Hall–Kier alpha value is -2.06. The Kier molecular flexibility index (Phi) is 6.53. The molecular weight excluding hydrogens is 435 g/mol. The minimum atomic E-state index is -3.79. The van der Waals surface area contributed by atoms with Crippen molar-refractivity contribution in [2.24, 2.45) is 10.9 Å². The topological polar surface area (TPSA) is 112 Å². The summed E-state index contributed by atoms with van der Waals surface area (Å²) in [5.41, 5.74) is 8.73. The molecule has 1 amide bonds. The van der Waals surface area contributed by atoms with Crippen LogP contribution < -0.4 is 10.9 Å². The van der Waals surface area contributed by atoms with Crippen LogP contribution >= 0.6 is 23.2 Å². The second kappa shape index (κ2) is 8.75. The molecule has 0 radical (unpaired) electrons. The molecule has 154 valence electrons. The molecular formula is C20H20Cl2N2O4S. The van der Waals surface area contributed by atoms with E-state index in [2.05, 4.69) is 0 Å². The van der Waals surface area contributed by atoms with E-state index in [-0.39, 0.29) is 18.4 Å². The quantitative estimate of drug-likeness (QED) is 0.698. The second-order valence-electron chi connectivity index (χ2n) is 6.87. The Morgan fingerprint density at radius 2 is 1.93 bits per heavy atom. The molecule has 9 heteroatoms. The number of primary sulfonamides is 1. The van der Waals surface area contributed by atoms with Gasteiger partial charge in [-0.25, -0.2) is 18.4 Å². The molecule has 3 rings (SSSR count). The minimum Gasteiger partial charge on any atom is -0.449 e. The average Bonchev–Trinajstić information content (AvgIpc) is 2.65. The lowest BCUT2D eigenvalue weighted by molar-refractivity contribution is 0.145. The van der Waals surface area contributed by atoms with Crippen molar-refractivity contribution in [3.05, 3.63) is 74.1 Å². The van der Waals surface area contributed by atoms with Crippen LogP contribution in [0.5, 0.6) is 0 Å². The number of hydrogen-bond acceptors (Lipinski definition) is 4. The van der Waals surface area contributed by atoms with Crippen molar-refractivity contribution in [1.82, 2.24) is 0 Å². The summed E-state index contributed by atoms with van der Waals surface area (Å²) in [6.45, 7) is 0.108. The molecule has 0 fully saturated rings. The fourth-order valence-electron chi connectivity index (χ4n) is 3.78. The van der Waals surface area contributed by atoms with Gasteiger partial charge >= 0.3 is 6.09 Å². The number of nitrogens with two attached hydrogens (primary N) is 2. The van der Waals surface area contributed by atoms with Gasteiger partial charge in [-0.3, -0.25) is 0 Å². The van der Waals surface area contributed by atoms with E-state index < -0.39 is 16.1 Å². The molecule has 29 heavy (non-hydrogen) atoms. The Balaban J connectivity index is 2.10. The van der Waals surface area contributed by atoms with E-state index in [4.69, 9.17) is 38.8 Å². The van der Waals surface area contributed by atoms with Crippen LogP contribution in [0.25, 0.3) is 6.08 Å². The van der Waals surface area contributed by atoms with Gasteiger partial charge in [0.05, 0.1) is 10.0 Å². The predicted octanol–water partition coefficient (Wildman–Crippen LogP) is 4.36. The number of rotatable bonds is 5. The summed E-state index contributed by atoms with van der Waals surface area (Å²) in [6, 6.07) is 11.2. The molecule has 0 aromatic heterocycles. The van der Waals surface area contributed by atoms with Gasteiger partial charge in [0.15, 0.2) is 0 Å². The summed E-state index contributed by atoms with van der Waals surface area (Å²) in [4.78, 5) is 11.1. The van der Waals surface area contributed by atoms with Gasteiger partial charge in [-0.1, -0.05) is 47.5 Å². The van der Waals surface area contributed by atoms with Crippen LogP contribution in [0, 0.1) is 0 Å². The summed E-state index contributed by atoms with van der Waals surface area (Å²) < 4.78 is 27.9. The van der Waals surface area contributed by atoms with Gasteiger partial charge < -0.3 is 10.5 Å². The number of fused-ring (bicyclic) bond motifs is 1. The first-order chi connectivity index (χ1) is 13.7. The molecule has 0 unspecified atom stereocenters. The summed E-state index contributed by atoms with van der Waals surface area (Å²) in [7, 11) is -3.79. The zero-order valence-corrected chi connectivity index (χ0v) is 17.7. The lowest BCUT2D eigenvalue weighted by Gasteiger charge is -2.33. The van der Waals surface area contributed by atoms with Gasteiger partial charge in [-0.2, -0.15) is 0 Å². The molecule has 4 N–H and O–H groups in total. The van der Waals surface area contributed by atoms with E-state index in [0.717, 1.165) is 28.5 Å². The van der Waals surface area contributed by atoms with E-state index in [9.17, 15) is 13.2 Å². The van der Waals surface area contributed by atoms with Crippen molar-refractivity contribution in [1.29, 1.82) is 0 Å². The van der Waals surface area contributed by atoms with Crippen molar-refractivity contribution in [3.63, 3.8) is 0 Å². The van der Waals surface area contributed by atoms with Crippen molar-refractivity contribution in [2.75, 3.05) is 6.61 Å². The Morgan fingerprint density at radius 3 is 2.59 bits per heavy atom. The van der Waals surface area contributed by atoms with E-state index in [1.807, 2.05) is 24.3 Å². The Morgan fingerprint density at radius 1 is 1.17 bits per heavy atom. The third kappa shape index (κ3) is 5.30. The number of ether oxygens (including phenoxy) is 1. The van der Waals surface area contributed by atoms with Crippen LogP contribution in [0.4, 0.5) is 4.79 Å². The van der Waals surface area contributed by atoms with Crippen LogP contribution in [-0.2, 0) is 14.8 Å².